The lowest BCUT2D eigenvalue weighted by atomic mass is 10.1. The molecule has 0 atom stereocenters. The Labute approximate surface area is 102 Å². The van der Waals surface area contributed by atoms with Gasteiger partial charge in [-0.15, -0.1) is 0 Å². The van der Waals surface area contributed by atoms with E-state index in [1.807, 2.05) is 6.92 Å². The SMILES string of the molecule is CCNCCCNC(=O)c1ccc(C)c(O)c1. The van der Waals surface area contributed by atoms with Gasteiger partial charge in [0.2, 0.25) is 0 Å². The van der Waals surface area contributed by atoms with Crippen molar-refractivity contribution in [2.75, 3.05) is 19.6 Å². The second kappa shape index (κ2) is 6.91. The number of hydrogen-bond acceptors (Lipinski definition) is 3. The smallest absolute Gasteiger partial charge is 0.251 e. The van der Waals surface area contributed by atoms with Crippen molar-refractivity contribution in [2.24, 2.45) is 0 Å². The maximum absolute atomic E-state index is 11.7. The first kappa shape index (κ1) is 13.5. The molecule has 0 aliphatic rings. The number of nitrogens with one attached hydrogen (secondary N) is 2. The molecule has 0 unspecified atom stereocenters. The van der Waals surface area contributed by atoms with Crippen LogP contribution in [0.3, 0.4) is 0 Å². The van der Waals surface area contributed by atoms with Crippen molar-refractivity contribution in [3.05, 3.63) is 29.3 Å². The Morgan fingerprint density at radius 1 is 1.35 bits per heavy atom. The first-order valence-corrected chi connectivity index (χ1v) is 5.93. The Kier molecular flexibility index (Phi) is 5.49. The molecule has 1 aromatic rings. The van der Waals surface area contributed by atoms with Crippen LogP contribution >= 0.6 is 0 Å². The highest BCUT2D eigenvalue weighted by Crippen LogP contribution is 2.17. The molecule has 0 radical (unpaired) electrons. The highest BCUT2D eigenvalue weighted by molar-refractivity contribution is 5.94. The predicted molar refractivity (Wildman–Crippen MR) is 68.3 cm³/mol. The van der Waals surface area contributed by atoms with E-state index >= 15 is 0 Å². The van der Waals surface area contributed by atoms with Crippen molar-refractivity contribution in [1.29, 1.82) is 0 Å². The minimum atomic E-state index is -0.142. The van der Waals surface area contributed by atoms with Crippen LogP contribution in [0.25, 0.3) is 0 Å². The Balaban J connectivity index is 2.39. The largest absolute Gasteiger partial charge is 0.508 e. The molecule has 0 bridgehead atoms. The molecule has 0 spiro atoms. The normalized spacial score (nSPS) is 10.2. The van der Waals surface area contributed by atoms with E-state index < -0.39 is 0 Å². The second-order valence-corrected chi connectivity index (χ2v) is 3.96. The van der Waals surface area contributed by atoms with Gasteiger partial charge in [0, 0.05) is 12.1 Å². The van der Waals surface area contributed by atoms with E-state index in [1.165, 1.54) is 6.07 Å². The number of aromatic hydroxyl groups is 1. The minimum Gasteiger partial charge on any atom is -0.508 e. The van der Waals surface area contributed by atoms with Crippen LogP contribution in [0.5, 0.6) is 5.75 Å². The van der Waals surface area contributed by atoms with Gasteiger partial charge >= 0.3 is 0 Å². The fourth-order valence-corrected chi connectivity index (χ4v) is 1.44. The van der Waals surface area contributed by atoms with Gasteiger partial charge in [0.25, 0.3) is 5.91 Å². The van der Waals surface area contributed by atoms with Crippen LogP contribution in [0.2, 0.25) is 0 Å². The summed E-state index contributed by atoms with van der Waals surface area (Å²) in [6.07, 6.45) is 0.900. The van der Waals surface area contributed by atoms with Crippen molar-refractivity contribution >= 4 is 5.91 Å². The lowest BCUT2D eigenvalue weighted by molar-refractivity contribution is 0.0953. The summed E-state index contributed by atoms with van der Waals surface area (Å²) in [7, 11) is 0. The molecule has 3 N–H and O–H groups in total. The van der Waals surface area contributed by atoms with Crippen LogP contribution in [0, 0.1) is 6.92 Å². The van der Waals surface area contributed by atoms with E-state index in [0.29, 0.717) is 12.1 Å². The van der Waals surface area contributed by atoms with Crippen LogP contribution in [0.1, 0.15) is 29.3 Å². The van der Waals surface area contributed by atoms with Gasteiger partial charge in [0.15, 0.2) is 0 Å². The molecule has 0 aromatic heterocycles. The predicted octanol–water partition coefficient (Wildman–Crippen LogP) is 1.43. The second-order valence-electron chi connectivity index (χ2n) is 3.96. The number of aryl methyl sites for hydroxylation is 1. The Hall–Kier alpha value is -1.55. The molecule has 94 valence electrons. The average molecular weight is 236 g/mol. The van der Waals surface area contributed by atoms with Gasteiger partial charge in [0.1, 0.15) is 5.75 Å². The third-order valence-corrected chi connectivity index (χ3v) is 2.54. The quantitative estimate of drug-likeness (QED) is 0.655. The van der Waals surface area contributed by atoms with E-state index in [-0.39, 0.29) is 11.7 Å². The molecule has 0 saturated carbocycles. The number of phenols is 1. The third kappa shape index (κ3) is 4.44. The lowest BCUT2D eigenvalue weighted by Gasteiger charge is -2.06. The van der Waals surface area contributed by atoms with Crippen molar-refractivity contribution < 1.29 is 9.90 Å². The van der Waals surface area contributed by atoms with Crippen LogP contribution in [0.15, 0.2) is 18.2 Å². The molecule has 1 rings (SSSR count). The van der Waals surface area contributed by atoms with Gasteiger partial charge in [0.05, 0.1) is 0 Å². The number of benzene rings is 1. The zero-order valence-electron chi connectivity index (χ0n) is 10.4. The van der Waals surface area contributed by atoms with Crippen LogP contribution in [0.4, 0.5) is 0 Å². The summed E-state index contributed by atoms with van der Waals surface area (Å²) in [6.45, 7) is 6.33. The fraction of sp³-hybridized carbons (Fsp3) is 0.462. The first-order chi connectivity index (χ1) is 8.15. The van der Waals surface area contributed by atoms with E-state index in [1.54, 1.807) is 19.1 Å². The Morgan fingerprint density at radius 2 is 2.12 bits per heavy atom. The van der Waals surface area contributed by atoms with Gasteiger partial charge < -0.3 is 15.7 Å². The maximum Gasteiger partial charge on any atom is 0.251 e. The van der Waals surface area contributed by atoms with E-state index in [9.17, 15) is 9.90 Å². The summed E-state index contributed by atoms with van der Waals surface area (Å²) in [6, 6.07) is 4.95. The molecule has 1 amide bonds. The minimum absolute atomic E-state index is 0.142. The summed E-state index contributed by atoms with van der Waals surface area (Å²) in [5.41, 5.74) is 1.27. The van der Waals surface area contributed by atoms with Gasteiger partial charge in [-0.25, -0.2) is 0 Å². The molecule has 0 aliphatic carbocycles. The Bertz CT molecular complexity index is 378. The summed E-state index contributed by atoms with van der Waals surface area (Å²) >= 11 is 0. The van der Waals surface area contributed by atoms with E-state index in [0.717, 1.165) is 25.1 Å². The molecular formula is C13H20N2O2. The molecule has 0 saturated heterocycles. The molecule has 4 nitrogen and oxygen atoms in total. The molecule has 4 heteroatoms. The number of rotatable bonds is 6. The zero-order valence-corrected chi connectivity index (χ0v) is 10.4. The van der Waals surface area contributed by atoms with Crippen LogP contribution in [-0.4, -0.2) is 30.6 Å². The van der Waals surface area contributed by atoms with Gasteiger partial charge in [-0.2, -0.15) is 0 Å². The van der Waals surface area contributed by atoms with Crippen molar-refractivity contribution in [2.45, 2.75) is 20.3 Å². The van der Waals surface area contributed by atoms with Crippen molar-refractivity contribution in [3.63, 3.8) is 0 Å². The van der Waals surface area contributed by atoms with Crippen LogP contribution < -0.4 is 10.6 Å². The highest BCUT2D eigenvalue weighted by atomic mass is 16.3. The molecular weight excluding hydrogens is 216 g/mol. The van der Waals surface area contributed by atoms with Crippen LogP contribution in [-0.2, 0) is 0 Å². The van der Waals surface area contributed by atoms with Gasteiger partial charge in [-0.05, 0) is 44.1 Å². The fourth-order valence-electron chi connectivity index (χ4n) is 1.44. The number of carbonyl (C=O) groups is 1. The maximum atomic E-state index is 11.7. The molecule has 0 heterocycles. The van der Waals surface area contributed by atoms with Gasteiger partial charge in [-0.3, -0.25) is 4.79 Å². The Morgan fingerprint density at radius 3 is 2.76 bits per heavy atom. The number of phenolic OH excluding ortho intramolecular Hbond substituents is 1. The standard InChI is InChI=1S/C13H20N2O2/c1-3-14-7-4-8-15-13(17)11-6-5-10(2)12(16)9-11/h5-6,9,14,16H,3-4,7-8H2,1-2H3,(H,15,17). The zero-order chi connectivity index (χ0) is 12.7. The molecule has 0 fully saturated rings. The number of hydrogen-bond donors (Lipinski definition) is 3. The summed E-state index contributed by atoms with van der Waals surface area (Å²) in [4.78, 5) is 11.7. The van der Waals surface area contributed by atoms with Crippen molar-refractivity contribution in [1.82, 2.24) is 10.6 Å². The van der Waals surface area contributed by atoms with E-state index in [2.05, 4.69) is 10.6 Å². The monoisotopic (exact) mass is 236 g/mol. The van der Waals surface area contributed by atoms with E-state index in [4.69, 9.17) is 0 Å². The molecule has 17 heavy (non-hydrogen) atoms. The highest BCUT2D eigenvalue weighted by Gasteiger charge is 2.06. The first-order valence-electron chi connectivity index (χ1n) is 5.93. The number of amides is 1. The lowest BCUT2D eigenvalue weighted by Crippen LogP contribution is -2.27. The third-order valence-electron chi connectivity index (χ3n) is 2.54. The molecule has 0 aliphatic heterocycles. The summed E-state index contributed by atoms with van der Waals surface area (Å²) in [5, 5.41) is 15.5. The number of carbonyl (C=O) groups excluding carboxylic acids is 1. The van der Waals surface area contributed by atoms with Gasteiger partial charge in [-0.1, -0.05) is 13.0 Å². The molecule has 1 aromatic carbocycles. The summed E-state index contributed by atoms with van der Waals surface area (Å²) in [5.74, 6) is 0.0158. The summed E-state index contributed by atoms with van der Waals surface area (Å²) < 4.78 is 0. The topological polar surface area (TPSA) is 61.4 Å². The average Bonchev–Trinajstić information content (AvgIpc) is 2.32. The van der Waals surface area contributed by atoms with Crippen molar-refractivity contribution in [3.8, 4) is 5.75 Å².